The zero-order valence-corrected chi connectivity index (χ0v) is 12.6. The lowest BCUT2D eigenvalue weighted by atomic mass is 10.1. The van der Waals surface area contributed by atoms with Crippen molar-refractivity contribution in [1.29, 1.82) is 0 Å². The molecule has 0 aliphatic heterocycles. The highest BCUT2D eigenvalue weighted by molar-refractivity contribution is 7.89. The summed E-state index contributed by atoms with van der Waals surface area (Å²) >= 11 is 0. The van der Waals surface area contributed by atoms with Gasteiger partial charge in [0.15, 0.2) is 0 Å². The number of aromatic nitrogens is 1. The molecule has 1 aromatic heterocycles. The van der Waals surface area contributed by atoms with Gasteiger partial charge < -0.3 is 5.11 Å². The monoisotopic (exact) mass is 320 g/mol. The number of aliphatic carboxylic acids is 1. The minimum absolute atomic E-state index is 0.0179. The highest BCUT2D eigenvalue weighted by Crippen LogP contribution is 2.12. The van der Waals surface area contributed by atoms with Gasteiger partial charge in [0, 0.05) is 12.6 Å². The number of rotatable bonds is 7. The fourth-order valence-electron chi connectivity index (χ4n) is 1.84. The molecule has 0 radical (unpaired) electrons. The van der Waals surface area contributed by atoms with Crippen LogP contribution in [-0.4, -0.2) is 24.5 Å². The van der Waals surface area contributed by atoms with Crippen molar-refractivity contribution in [2.24, 2.45) is 0 Å². The van der Waals surface area contributed by atoms with Crippen molar-refractivity contribution in [3.05, 3.63) is 59.9 Å². The molecule has 2 rings (SSSR count). The van der Waals surface area contributed by atoms with Gasteiger partial charge in [-0.2, -0.15) is 0 Å². The third-order valence-electron chi connectivity index (χ3n) is 3.03. The van der Waals surface area contributed by atoms with E-state index in [2.05, 4.69) is 9.71 Å². The van der Waals surface area contributed by atoms with E-state index in [1.165, 1.54) is 12.1 Å². The molecule has 6 nitrogen and oxygen atoms in total. The van der Waals surface area contributed by atoms with Crippen LogP contribution in [0.1, 0.15) is 17.7 Å². The highest BCUT2D eigenvalue weighted by atomic mass is 32.2. The van der Waals surface area contributed by atoms with Crippen molar-refractivity contribution in [1.82, 2.24) is 9.71 Å². The third-order valence-corrected chi connectivity index (χ3v) is 4.45. The van der Waals surface area contributed by atoms with Crippen LogP contribution in [0.5, 0.6) is 0 Å². The molecular weight excluding hydrogens is 304 g/mol. The van der Waals surface area contributed by atoms with Crippen molar-refractivity contribution in [3.8, 4) is 0 Å². The van der Waals surface area contributed by atoms with Gasteiger partial charge in [-0.15, -0.1) is 0 Å². The molecular formula is C15H16N2O4S. The van der Waals surface area contributed by atoms with Gasteiger partial charge >= 0.3 is 5.97 Å². The van der Waals surface area contributed by atoms with Gasteiger partial charge in [-0.05, 0) is 36.2 Å². The number of hydrogen-bond donors (Lipinski definition) is 2. The average Bonchev–Trinajstić information content (AvgIpc) is 2.52. The lowest BCUT2D eigenvalue weighted by Crippen LogP contribution is -2.23. The highest BCUT2D eigenvalue weighted by Gasteiger charge is 2.13. The van der Waals surface area contributed by atoms with E-state index in [0.29, 0.717) is 12.1 Å². The minimum Gasteiger partial charge on any atom is -0.481 e. The Kier molecular flexibility index (Phi) is 5.24. The Morgan fingerprint density at radius 1 is 1.14 bits per heavy atom. The molecule has 0 atom stereocenters. The molecule has 2 aromatic rings. The maximum Gasteiger partial charge on any atom is 0.303 e. The van der Waals surface area contributed by atoms with Crippen LogP contribution in [0, 0.1) is 0 Å². The predicted octanol–water partition coefficient (Wildman–Crippen LogP) is 1.58. The summed E-state index contributed by atoms with van der Waals surface area (Å²) in [6.45, 7) is 0.115. The van der Waals surface area contributed by atoms with Crippen LogP contribution < -0.4 is 4.72 Å². The molecule has 0 aliphatic carbocycles. The predicted molar refractivity (Wildman–Crippen MR) is 80.7 cm³/mol. The van der Waals surface area contributed by atoms with Crippen molar-refractivity contribution < 1.29 is 18.3 Å². The van der Waals surface area contributed by atoms with Gasteiger partial charge in [0.25, 0.3) is 0 Å². The molecule has 0 fully saturated rings. The maximum absolute atomic E-state index is 12.1. The molecule has 7 heteroatoms. The van der Waals surface area contributed by atoms with Crippen molar-refractivity contribution in [3.63, 3.8) is 0 Å². The van der Waals surface area contributed by atoms with Crippen molar-refractivity contribution in [2.75, 3.05) is 0 Å². The van der Waals surface area contributed by atoms with E-state index in [1.807, 2.05) is 0 Å². The molecule has 116 valence electrons. The number of aryl methyl sites for hydroxylation is 1. The molecule has 1 aromatic carbocycles. The van der Waals surface area contributed by atoms with Crippen LogP contribution in [0.15, 0.2) is 53.6 Å². The number of carbonyl (C=O) groups is 1. The molecule has 22 heavy (non-hydrogen) atoms. The summed E-state index contributed by atoms with van der Waals surface area (Å²) in [6, 6.07) is 11.5. The van der Waals surface area contributed by atoms with Gasteiger partial charge in [0.1, 0.15) is 0 Å². The number of nitrogens with zero attached hydrogens (tertiary/aromatic N) is 1. The largest absolute Gasteiger partial charge is 0.481 e. The fraction of sp³-hybridized carbons (Fsp3) is 0.200. The number of sulfonamides is 1. The summed E-state index contributed by atoms with van der Waals surface area (Å²) in [5, 5.41) is 8.63. The number of nitrogens with one attached hydrogen (secondary N) is 1. The normalized spacial score (nSPS) is 11.3. The second kappa shape index (κ2) is 7.15. The molecule has 0 bridgehead atoms. The van der Waals surface area contributed by atoms with Gasteiger partial charge in [-0.25, -0.2) is 13.1 Å². The van der Waals surface area contributed by atoms with E-state index in [-0.39, 0.29) is 17.9 Å². The summed E-state index contributed by atoms with van der Waals surface area (Å²) in [7, 11) is -3.61. The van der Waals surface area contributed by atoms with Crippen LogP contribution in [0.2, 0.25) is 0 Å². The number of hydrogen-bond acceptors (Lipinski definition) is 4. The van der Waals surface area contributed by atoms with Crippen molar-refractivity contribution in [2.45, 2.75) is 24.3 Å². The first kappa shape index (κ1) is 16.1. The van der Waals surface area contributed by atoms with E-state index in [4.69, 9.17) is 5.11 Å². The molecule has 0 spiro atoms. The van der Waals surface area contributed by atoms with E-state index >= 15 is 0 Å². The summed E-state index contributed by atoms with van der Waals surface area (Å²) in [4.78, 5) is 14.7. The lowest BCUT2D eigenvalue weighted by Gasteiger charge is -2.07. The molecule has 0 saturated heterocycles. The fourth-order valence-corrected chi connectivity index (χ4v) is 2.84. The number of carboxylic acid groups (broad SMARTS) is 1. The molecule has 0 saturated carbocycles. The van der Waals surface area contributed by atoms with Crippen molar-refractivity contribution >= 4 is 16.0 Å². The third kappa shape index (κ3) is 4.64. The van der Waals surface area contributed by atoms with E-state index in [1.54, 1.807) is 36.5 Å². The second-order valence-corrected chi connectivity index (χ2v) is 6.45. The number of carboxylic acids is 1. The first-order chi connectivity index (χ1) is 10.5. The zero-order valence-electron chi connectivity index (χ0n) is 11.8. The zero-order chi connectivity index (χ0) is 16.0. The summed E-state index contributed by atoms with van der Waals surface area (Å²) in [5.41, 5.74) is 1.41. The minimum atomic E-state index is -3.61. The van der Waals surface area contributed by atoms with E-state index in [9.17, 15) is 13.2 Å². The topological polar surface area (TPSA) is 96.4 Å². The number of benzene rings is 1. The van der Waals surface area contributed by atoms with Crippen LogP contribution >= 0.6 is 0 Å². The SMILES string of the molecule is O=C(O)CCc1ccc(S(=O)(=O)NCc2ccccn2)cc1. The summed E-state index contributed by atoms with van der Waals surface area (Å²) in [5.74, 6) is -0.881. The first-order valence-electron chi connectivity index (χ1n) is 6.68. The molecule has 2 N–H and O–H groups in total. The molecule has 0 aliphatic rings. The Morgan fingerprint density at radius 3 is 2.45 bits per heavy atom. The maximum atomic E-state index is 12.1. The van der Waals surface area contributed by atoms with E-state index in [0.717, 1.165) is 5.56 Å². The summed E-state index contributed by atoms with van der Waals surface area (Å²) < 4.78 is 26.8. The Bertz CT molecular complexity index is 728. The number of pyridine rings is 1. The Labute approximate surface area is 128 Å². The Balaban J connectivity index is 2.01. The van der Waals surface area contributed by atoms with Crippen LogP contribution in [0.4, 0.5) is 0 Å². The second-order valence-electron chi connectivity index (χ2n) is 4.68. The quantitative estimate of drug-likeness (QED) is 0.807. The average molecular weight is 320 g/mol. The smallest absolute Gasteiger partial charge is 0.303 e. The standard InChI is InChI=1S/C15H16N2O4S/c18-15(19)9-6-12-4-7-14(8-5-12)22(20,21)17-11-13-3-1-2-10-16-13/h1-5,7-8,10,17H,6,9,11H2,(H,18,19). The van der Waals surface area contributed by atoms with Crippen LogP contribution in [0.3, 0.4) is 0 Å². The molecule has 0 unspecified atom stereocenters. The van der Waals surface area contributed by atoms with Crippen LogP contribution in [-0.2, 0) is 27.8 Å². The molecule has 1 heterocycles. The van der Waals surface area contributed by atoms with E-state index < -0.39 is 16.0 Å². The molecule has 0 amide bonds. The lowest BCUT2D eigenvalue weighted by molar-refractivity contribution is -0.136. The van der Waals surface area contributed by atoms with Gasteiger partial charge in [-0.3, -0.25) is 9.78 Å². The van der Waals surface area contributed by atoms with Crippen LogP contribution in [0.25, 0.3) is 0 Å². The van der Waals surface area contributed by atoms with Gasteiger partial charge in [0.2, 0.25) is 10.0 Å². The summed E-state index contributed by atoms with van der Waals surface area (Å²) in [6.07, 6.45) is 1.99. The van der Waals surface area contributed by atoms with Gasteiger partial charge in [-0.1, -0.05) is 18.2 Å². The Hall–Kier alpha value is -2.25. The first-order valence-corrected chi connectivity index (χ1v) is 8.16. The van der Waals surface area contributed by atoms with Gasteiger partial charge in [0.05, 0.1) is 17.1 Å². The Morgan fingerprint density at radius 2 is 1.86 bits per heavy atom.